The van der Waals surface area contributed by atoms with E-state index in [1.165, 1.54) is 4.56 Å². The van der Waals surface area contributed by atoms with Crippen LogP contribution in [0.4, 0.5) is 0 Å². The fourth-order valence-corrected chi connectivity index (χ4v) is 1.07. The molecule has 1 aromatic rings. The van der Waals surface area contributed by atoms with Gasteiger partial charge in [-0.05, 0) is 4.56 Å². The summed E-state index contributed by atoms with van der Waals surface area (Å²) in [6.45, 7) is 0. The van der Waals surface area contributed by atoms with Gasteiger partial charge in [-0.2, -0.15) is 0 Å². The van der Waals surface area contributed by atoms with Crippen molar-refractivity contribution in [3.63, 3.8) is 0 Å². The Balaban J connectivity index is 3.04. The molecule has 0 bridgehead atoms. The van der Waals surface area contributed by atoms with Crippen LogP contribution < -0.4 is 4.56 Å². The summed E-state index contributed by atoms with van der Waals surface area (Å²) >= 11 is 1.06. The maximum absolute atomic E-state index is 4.04. The second-order valence-corrected chi connectivity index (χ2v) is 2.71. The van der Waals surface area contributed by atoms with E-state index in [-0.39, 0.29) is 0 Å². The maximum atomic E-state index is 4.04. The topological polar surface area (TPSA) is 17.8 Å². The molecule has 1 aromatic heterocycles. The van der Waals surface area contributed by atoms with Gasteiger partial charge in [0.15, 0.2) is 0 Å². The predicted octanol–water partition coefficient (Wildman–Crippen LogP) is -1.32. The Labute approximate surface area is 50.6 Å². The van der Waals surface area contributed by atoms with Gasteiger partial charge in [-0.25, -0.2) is 0 Å². The Bertz CT molecular complexity index is 142. The molecule has 0 saturated heterocycles. The van der Waals surface area contributed by atoms with Crippen LogP contribution in [0.25, 0.3) is 0 Å². The molecule has 0 aliphatic carbocycles. The predicted molar refractivity (Wildman–Crippen MR) is 31.4 cm³/mol. The van der Waals surface area contributed by atoms with Crippen LogP contribution in [0.15, 0.2) is 12.5 Å². The Kier molecular flexibility index (Phi) is 1.18. The van der Waals surface area contributed by atoms with E-state index in [1.54, 1.807) is 0 Å². The molecule has 0 atom stereocenters. The largest absolute Gasteiger partial charge is 0.342 e. The molecule has 7 heavy (non-hydrogen) atoms. The zero-order valence-electron chi connectivity index (χ0n) is 4.55. The highest BCUT2D eigenvalue weighted by atomic mass is 27.0. The summed E-state index contributed by atoms with van der Waals surface area (Å²) in [6.07, 6.45) is 3.86. The standard InChI is InChI=1S/C4H5N2.Al.2H/c1-6-3-2-5-4-6;;;/h3-4H,1H3;;;. The molecule has 0 spiro atoms. The lowest BCUT2D eigenvalue weighted by Gasteiger charge is -1.78. The van der Waals surface area contributed by atoms with E-state index in [0.29, 0.717) is 0 Å². The molecule has 0 aliphatic rings. The van der Waals surface area contributed by atoms with Gasteiger partial charge in [0.05, 0.1) is 6.33 Å². The number of aromatic nitrogens is 2. The highest BCUT2D eigenvalue weighted by Crippen LogP contribution is 1.70. The van der Waals surface area contributed by atoms with Gasteiger partial charge in [-0.15, -0.1) is 0 Å². The van der Waals surface area contributed by atoms with E-state index >= 15 is 0 Å². The van der Waals surface area contributed by atoms with Crippen LogP contribution in [0.5, 0.6) is 0 Å². The summed E-state index contributed by atoms with van der Waals surface area (Å²) in [5.74, 6) is 0. The average molecular weight is 110 g/mol. The highest BCUT2D eigenvalue weighted by molar-refractivity contribution is 6.30. The van der Waals surface area contributed by atoms with Crippen molar-refractivity contribution in [1.82, 2.24) is 9.55 Å². The highest BCUT2D eigenvalue weighted by Gasteiger charge is 1.82. The maximum Gasteiger partial charge on any atom is 0.292 e. The van der Waals surface area contributed by atoms with E-state index < -0.39 is 0 Å². The molecule has 0 fully saturated rings. The third-order valence-corrected chi connectivity index (χ3v) is 1.35. The number of imidazole rings is 1. The average Bonchev–Trinajstić information content (AvgIpc) is 1.87. The quantitative estimate of drug-likeness (QED) is 0.379. The van der Waals surface area contributed by atoms with E-state index in [4.69, 9.17) is 0 Å². The van der Waals surface area contributed by atoms with Crippen molar-refractivity contribution in [2.45, 2.75) is 0 Å². The number of hydrogen-bond donors (Lipinski definition) is 0. The molecular weight excluding hydrogens is 103 g/mol. The van der Waals surface area contributed by atoms with Gasteiger partial charge in [-0.3, -0.25) is 4.98 Å². The number of nitrogens with zero attached hydrogens (tertiary/aromatic N) is 2. The van der Waals surface area contributed by atoms with Crippen LogP contribution in [0, 0.1) is 0 Å². The summed E-state index contributed by atoms with van der Waals surface area (Å²) in [5, 5.41) is 0. The summed E-state index contributed by atoms with van der Waals surface area (Å²) in [5.41, 5.74) is 0. The molecule has 0 saturated carbocycles. The lowest BCUT2D eigenvalue weighted by molar-refractivity contribution is 0.914. The van der Waals surface area contributed by atoms with Crippen molar-refractivity contribution < 1.29 is 0 Å². The van der Waals surface area contributed by atoms with Crippen LogP contribution in [-0.2, 0) is 7.05 Å². The molecule has 2 nitrogen and oxygen atoms in total. The van der Waals surface area contributed by atoms with E-state index in [1.807, 2.05) is 24.1 Å². The normalized spacial score (nSPS) is 9.29. The van der Waals surface area contributed by atoms with Gasteiger partial charge in [0.2, 0.25) is 0 Å². The van der Waals surface area contributed by atoms with Gasteiger partial charge in [-0.1, -0.05) is 0 Å². The molecular formula is C4H7AlN2. The minimum absolute atomic E-state index is 1.06. The number of aryl methyl sites for hydroxylation is 1. The first kappa shape index (κ1) is 4.89. The molecule has 0 N–H and O–H groups in total. The van der Waals surface area contributed by atoms with Gasteiger partial charge in [0.25, 0.3) is 16.3 Å². The van der Waals surface area contributed by atoms with Crippen LogP contribution >= 0.6 is 0 Å². The SMILES string of the molecule is Cn1cn[c]([AlH2])c1. The van der Waals surface area contributed by atoms with Gasteiger partial charge >= 0.3 is 0 Å². The molecule has 0 aliphatic heterocycles. The molecule has 36 valence electrons. The molecule has 1 rings (SSSR count). The number of rotatable bonds is 0. The van der Waals surface area contributed by atoms with Crippen molar-refractivity contribution >= 4 is 20.8 Å². The van der Waals surface area contributed by atoms with E-state index in [0.717, 1.165) is 16.3 Å². The summed E-state index contributed by atoms with van der Waals surface area (Å²) in [4.78, 5) is 4.04. The second-order valence-electron chi connectivity index (χ2n) is 1.68. The molecule has 0 aromatic carbocycles. The monoisotopic (exact) mass is 110 g/mol. The number of hydrogen-bond acceptors (Lipinski definition) is 1. The van der Waals surface area contributed by atoms with Crippen molar-refractivity contribution in [2.75, 3.05) is 0 Å². The third kappa shape index (κ3) is 1.05. The van der Waals surface area contributed by atoms with E-state index in [9.17, 15) is 0 Å². The Morgan fingerprint density at radius 1 is 1.86 bits per heavy atom. The lowest BCUT2D eigenvalue weighted by Crippen LogP contribution is -2.00. The Morgan fingerprint density at radius 3 is 2.71 bits per heavy atom. The van der Waals surface area contributed by atoms with Crippen molar-refractivity contribution in [3.8, 4) is 0 Å². The fourth-order valence-electron chi connectivity index (χ4n) is 0.544. The summed E-state index contributed by atoms with van der Waals surface area (Å²) < 4.78 is 3.17. The van der Waals surface area contributed by atoms with Crippen LogP contribution in [0.3, 0.4) is 0 Å². The van der Waals surface area contributed by atoms with Gasteiger partial charge in [0, 0.05) is 13.2 Å². The second kappa shape index (κ2) is 1.69. The Hall–Kier alpha value is -0.258. The van der Waals surface area contributed by atoms with Crippen LogP contribution in [0.1, 0.15) is 0 Å². The smallest absolute Gasteiger partial charge is 0.292 e. The fraction of sp³-hybridized carbons (Fsp3) is 0.250. The van der Waals surface area contributed by atoms with Crippen LogP contribution in [-0.4, -0.2) is 25.8 Å². The minimum atomic E-state index is 1.06. The summed E-state index contributed by atoms with van der Waals surface area (Å²) in [7, 11) is 1.98. The lowest BCUT2D eigenvalue weighted by atomic mass is 10.9. The summed E-state index contributed by atoms with van der Waals surface area (Å²) in [6, 6.07) is 0. The molecule has 3 heteroatoms. The molecule has 0 amide bonds. The third-order valence-electron chi connectivity index (χ3n) is 0.834. The first-order chi connectivity index (χ1) is 3.29. The first-order valence-electron chi connectivity index (χ1n) is 2.23. The first-order valence-corrected chi connectivity index (χ1v) is 3.23. The molecule has 1 heterocycles. The van der Waals surface area contributed by atoms with Crippen LogP contribution in [0.2, 0.25) is 0 Å². The molecule has 0 radical (unpaired) electrons. The van der Waals surface area contributed by atoms with Crippen molar-refractivity contribution in [3.05, 3.63) is 12.5 Å². The van der Waals surface area contributed by atoms with E-state index in [2.05, 4.69) is 4.98 Å². The van der Waals surface area contributed by atoms with Gasteiger partial charge < -0.3 is 4.57 Å². The zero-order valence-corrected chi connectivity index (χ0v) is 6.55. The van der Waals surface area contributed by atoms with Gasteiger partial charge in [0.1, 0.15) is 0 Å². The van der Waals surface area contributed by atoms with Crippen molar-refractivity contribution in [2.24, 2.45) is 7.05 Å². The zero-order chi connectivity index (χ0) is 5.28. The van der Waals surface area contributed by atoms with Crippen molar-refractivity contribution in [1.29, 1.82) is 0 Å². The minimum Gasteiger partial charge on any atom is -0.342 e. The molecule has 0 unspecified atom stereocenters. The Morgan fingerprint density at radius 2 is 2.57 bits per heavy atom.